The average molecular weight is 407 g/mol. The van der Waals surface area contributed by atoms with Gasteiger partial charge in [-0.25, -0.2) is 0 Å². The van der Waals surface area contributed by atoms with Crippen LogP contribution in [-0.2, 0) is 0 Å². The zero-order valence-corrected chi connectivity index (χ0v) is 20.6. The van der Waals surface area contributed by atoms with Gasteiger partial charge in [0.05, 0.1) is 26.2 Å². The van der Waals surface area contributed by atoms with Crippen molar-refractivity contribution in [2.75, 3.05) is 26.2 Å². The summed E-state index contributed by atoms with van der Waals surface area (Å²) in [6, 6.07) is 0. The molecule has 1 aliphatic carbocycles. The third kappa shape index (κ3) is 10.2. The maximum absolute atomic E-state index is 2.38. The number of hydrogen-bond acceptors (Lipinski definition) is 0. The van der Waals surface area contributed by atoms with Crippen LogP contribution in [0.3, 0.4) is 0 Å². The Morgan fingerprint density at radius 1 is 0.483 bits per heavy atom. The van der Waals surface area contributed by atoms with Gasteiger partial charge in [0.1, 0.15) is 0 Å². The van der Waals surface area contributed by atoms with E-state index in [1.54, 1.807) is 25.9 Å². The molecule has 2 rings (SSSR count). The first-order chi connectivity index (χ1) is 14.3. The number of unbranched alkanes of at least 4 members (excludes halogenated alkanes) is 14. The Bertz CT molecular complexity index is 363. The molecule has 1 saturated carbocycles. The zero-order chi connectivity index (χ0) is 20.6. The fraction of sp³-hybridized carbons (Fsp3) is 1.00. The minimum absolute atomic E-state index is 1.09. The lowest BCUT2D eigenvalue weighted by molar-refractivity contribution is -0.919. The van der Waals surface area contributed by atoms with E-state index >= 15 is 0 Å². The fourth-order valence-electron chi connectivity index (χ4n) is 6.45. The van der Waals surface area contributed by atoms with Gasteiger partial charge in [0.15, 0.2) is 0 Å². The number of nitrogens with zero attached hydrogens (tertiary/aromatic N) is 1. The molecule has 0 N–H and O–H groups in total. The van der Waals surface area contributed by atoms with E-state index in [1.807, 2.05) is 0 Å². The zero-order valence-electron chi connectivity index (χ0n) is 20.6. The van der Waals surface area contributed by atoms with Gasteiger partial charge in [0, 0.05) is 11.8 Å². The van der Waals surface area contributed by atoms with E-state index in [2.05, 4.69) is 13.8 Å². The lowest BCUT2D eigenvalue weighted by Gasteiger charge is -2.35. The van der Waals surface area contributed by atoms with Gasteiger partial charge >= 0.3 is 0 Å². The first kappa shape index (κ1) is 25.2. The number of likely N-dealkylation sites (tertiary alicyclic amines) is 1. The molecule has 0 amide bonds. The minimum atomic E-state index is 1.09. The van der Waals surface area contributed by atoms with E-state index in [4.69, 9.17) is 0 Å². The molecule has 1 heterocycles. The summed E-state index contributed by atoms with van der Waals surface area (Å²) < 4.78 is 1.52. The quantitative estimate of drug-likeness (QED) is 0.157. The highest BCUT2D eigenvalue weighted by molar-refractivity contribution is 4.81. The van der Waals surface area contributed by atoms with Crippen LogP contribution in [0, 0.1) is 11.8 Å². The minimum Gasteiger partial charge on any atom is -0.323 e. The molecule has 1 nitrogen and oxygen atoms in total. The predicted molar refractivity (Wildman–Crippen MR) is 130 cm³/mol. The summed E-state index contributed by atoms with van der Waals surface area (Å²) in [5, 5.41) is 0. The van der Waals surface area contributed by atoms with E-state index in [-0.39, 0.29) is 0 Å². The molecular weight excluding hydrogens is 350 g/mol. The molecule has 0 aromatic rings. The molecule has 2 fully saturated rings. The van der Waals surface area contributed by atoms with E-state index in [1.165, 1.54) is 133 Å². The Morgan fingerprint density at radius 2 is 0.862 bits per heavy atom. The second-order valence-electron chi connectivity index (χ2n) is 10.9. The van der Waals surface area contributed by atoms with Crippen LogP contribution in [0.1, 0.15) is 142 Å². The summed E-state index contributed by atoms with van der Waals surface area (Å²) in [5.41, 5.74) is 0. The Hall–Kier alpha value is -0.0400. The molecule has 1 unspecified atom stereocenters. The van der Waals surface area contributed by atoms with Gasteiger partial charge in [0.2, 0.25) is 0 Å². The number of fused-ring (bicyclic) bond motifs is 1. The summed E-state index contributed by atoms with van der Waals surface area (Å²) in [6.07, 6.45) is 29.7. The van der Waals surface area contributed by atoms with Crippen molar-refractivity contribution in [2.24, 2.45) is 11.8 Å². The molecule has 2 aliphatic rings. The highest BCUT2D eigenvalue weighted by atomic mass is 15.4. The second kappa shape index (κ2) is 15.7. The van der Waals surface area contributed by atoms with Crippen molar-refractivity contribution in [3.63, 3.8) is 0 Å². The van der Waals surface area contributed by atoms with Gasteiger partial charge < -0.3 is 4.48 Å². The van der Waals surface area contributed by atoms with Gasteiger partial charge in [-0.2, -0.15) is 0 Å². The SMILES string of the molecule is CCCCCCCCCCCCCCCC[N+]1(CCCC)C[C@H]2CCCC[C@H]2C1. The van der Waals surface area contributed by atoms with Crippen LogP contribution in [0.4, 0.5) is 0 Å². The Kier molecular flexibility index (Phi) is 13.7. The van der Waals surface area contributed by atoms with Crippen molar-refractivity contribution in [2.45, 2.75) is 142 Å². The lowest BCUT2D eigenvalue weighted by Crippen LogP contribution is -2.47. The molecule has 0 radical (unpaired) electrons. The van der Waals surface area contributed by atoms with Crippen molar-refractivity contribution in [3.05, 3.63) is 0 Å². The smallest absolute Gasteiger partial charge is 0.0820 e. The van der Waals surface area contributed by atoms with Crippen LogP contribution in [0.25, 0.3) is 0 Å². The van der Waals surface area contributed by atoms with E-state index < -0.39 is 0 Å². The average Bonchev–Trinajstić information content (AvgIpc) is 3.11. The van der Waals surface area contributed by atoms with Crippen molar-refractivity contribution >= 4 is 0 Å². The Balaban J connectivity index is 1.46. The van der Waals surface area contributed by atoms with E-state index in [0.717, 1.165) is 11.8 Å². The van der Waals surface area contributed by atoms with Crippen molar-refractivity contribution in [1.82, 2.24) is 0 Å². The number of rotatable bonds is 18. The molecule has 0 spiro atoms. The highest BCUT2D eigenvalue weighted by Crippen LogP contribution is 2.40. The topological polar surface area (TPSA) is 0 Å². The number of quaternary nitrogens is 1. The van der Waals surface area contributed by atoms with Gasteiger partial charge in [-0.05, 0) is 32.1 Å². The first-order valence-electron chi connectivity index (χ1n) is 14.1. The van der Waals surface area contributed by atoms with Crippen molar-refractivity contribution in [3.8, 4) is 0 Å². The van der Waals surface area contributed by atoms with Crippen molar-refractivity contribution < 1.29 is 4.48 Å². The predicted octanol–water partition coefficient (Wildman–Crippen LogP) is 8.90. The molecule has 3 atom stereocenters. The molecule has 1 aliphatic heterocycles. The van der Waals surface area contributed by atoms with Crippen LogP contribution in [0.2, 0.25) is 0 Å². The third-order valence-electron chi connectivity index (χ3n) is 8.28. The monoisotopic (exact) mass is 406 g/mol. The summed E-state index contributed by atoms with van der Waals surface area (Å²) in [6.45, 7) is 10.8. The lowest BCUT2D eigenvalue weighted by atomic mass is 9.82. The second-order valence-corrected chi connectivity index (χ2v) is 10.9. The van der Waals surface area contributed by atoms with Gasteiger partial charge in [0.25, 0.3) is 0 Å². The van der Waals surface area contributed by atoms with Gasteiger partial charge in [-0.15, -0.1) is 0 Å². The molecule has 0 aromatic carbocycles. The standard InChI is InChI=1S/C28H56N/c1-3-5-7-8-9-10-11-12-13-14-15-16-17-20-24-29(23-6-4-2)25-27-21-18-19-22-28(27)26-29/h27-28H,3-26H2,1-2H3/q+1/t27-,28+,29?. The molecular formula is C28H56N+. The molecule has 1 saturated heterocycles. The highest BCUT2D eigenvalue weighted by Gasteiger charge is 2.44. The van der Waals surface area contributed by atoms with Crippen LogP contribution in [0.15, 0.2) is 0 Å². The molecule has 29 heavy (non-hydrogen) atoms. The van der Waals surface area contributed by atoms with Gasteiger partial charge in [-0.3, -0.25) is 0 Å². The Labute approximate surface area is 185 Å². The van der Waals surface area contributed by atoms with Gasteiger partial charge in [-0.1, -0.05) is 110 Å². The van der Waals surface area contributed by atoms with Crippen LogP contribution >= 0.6 is 0 Å². The van der Waals surface area contributed by atoms with Crippen LogP contribution in [-0.4, -0.2) is 30.7 Å². The van der Waals surface area contributed by atoms with Crippen LogP contribution in [0.5, 0.6) is 0 Å². The van der Waals surface area contributed by atoms with E-state index in [9.17, 15) is 0 Å². The molecule has 1 heteroatoms. The number of hydrogen-bond donors (Lipinski definition) is 0. The summed E-state index contributed by atoms with van der Waals surface area (Å²) in [7, 11) is 0. The first-order valence-corrected chi connectivity index (χ1v) is 14.1. The maximum atomic E-state index is 2.38. The summed E-state index contributed by atoms with van der Waals surface area (Å²) in [5.74, 6) is 2.18. The third-order valence-corrected chi connectivity index (χ3v) is 8.28. The Morgan fingerprint density at radius 3 is 1.31 bits per heavy atom. The largest absolute Gasteiger partial charge is 0.323 e. The summed E-state index contributed by atoms with van der Waals surface area (Å²) >= 11 is 0. The normalized spacial score (nSPS) is 26.7. The molecule has 172 valence electrons. The van der Waals surface area contributed by atoms with E-state index in [0.29, 0.717) is 0 Å². The maximum Gasteiger partial charge on any atom is 0.0820 e. The fourth-order valence-corrected chi connectivity index (χ4v) is 6.45. The van der Waals surface area contributed by atoms with Crippen LogP contribution < -0.4 is 0 Å². The molecule has 0 bridgehead atoms. The summed E-state index contributed by atoms with van der Waals surface area (Å²) in [4.78, 5) is 0. The molecule has 0 aromatic heterocycles. The van der Waals surface area contributed by atoms with Crippen molar-refractivity contribution in [1.29, 1.82) is 0 Å².